The van der Waals surface area contributed by atoms with Gasteiger partial charge < -0.3 is 15.5 Å². The van der Waals surface area contributed by atoms with Crippen LogP contribution in [0.15, 0.2) is 48.8 Å². The number of anilines is 1. The van der Waals surface area contributed by atoms with Crippen LogP contribution in [0.3, 0.4) is 0 Å². The number of nitrogens with one attached hydrogen (secondary N) is 2. The molecule has 0 atom stereocenters. The second-order valence-electron chi connectivity index (χ2n) is 5.22. The van der Waals surface area contributed by atoms with Crippen molar-refractivity contribution in [2.75, 3.05) is 18.4 Å². The van der Waals surface area contributed by atoms with Gasteiger partial charge in [-0.3, -0.25) is 9.78 Å². The van der Waals surface area contributed by atoms with E-state index in [0.717, 1.165) is 5.56 Å². The minimum absolute atomic E-state index is 0.00584. The average Bonchev–Trinajstić information content (AvgIpc) is 2.62. The van der Waals surface area contributed by atoms with Crippen molar-refractivity contribution in [1.29, 1.82) is 0 Å². The molecule has 1 aromatic carbocycles. The van der Waals surface area contributed by atoms with E-state index in [1.165, 1.54) is 0 Å². The molecule has 0 unspecified atom stereocenters. The van der Waals surface area contributed by atoms with Gasteiger partial charge in [0.25, 0.3) is 5.91 Å². The van der Waals surface area contributed by atoms with Gasteiger partial charge in [-0.1, -0.05) is 0 Å². The third kappa shape index (κ3) is 4.81. The molecule has 0 aliphatic heterocycles. The normalized spacial score (nSPS) is 10.1. The summed E-state index contributed by atoms with van der Waals surface area (Å²) in [5.74, 6) is -0.00584. The Morgan fingerprint density at radius 1 is 1.00 bits per heavy atom. The van der Waals surface area contributed by atoms with E-state index in [0.29, 0.717) is 30.9 Å². The minimum atomic E-state index is -0.297. The molecular formula is C18H22N4O2. The maximum Gasteiger partial charge on any atom is 0.319 e. The van der Waals surface area contributed by atoms with Crippen molar-refractivity contribution in [2.45, 2.75) is 20.4 Å². The first-order chi connectivity index (χ1) is 11.6. The van der Waals surface area contributed by atoms with E-state index in [2.05, 4.69) is 15.6 Å². The molecule has 0 aliphatic rings. The van der Waals surface area contributed by atoms with Crippen LogP contribution in [0.2, 0.25) is 0 Å². The summed E-state index contributed by atoms with van der Waals surface area (Å²) in [6, 6.07) is 10.3. The Kier molecular flexibility index (Phi) is 6.31. The number of amides is 3. The Bertz CT molecular complexity index is 667. The molecule has 0 fully saturated rings. The Morgan fingerprint density at radius 2 is 1.62 bits per heavy atom. The monoisotopic (exact) mass is 326 g/mol. The number of aromatic nitrogens is 1. The summed E-state index contributed by atoms with van der Waals surface area (Å²) in [6.45, 7) is 5.67. The number of carbonyl (C=O) groups is 2. The standard InChI is InChI=1S/C18H22N4O2/c1-3-22(4-2)17(23)15-5-7-16(8-6-15)21-18(24)20-13-14-9-11-19-12-10-14/h5-12H,3-4,13H2,1-2H3,(H2,20,21,24). The van der Waals surface area contributed by atoms with Gasteiger partial charge in [0.2, 0.25) is 0 Å². The van der Waals surface area contributed by atoms with E-state index in [1.54, 1.807) is 41.6 Å². The summed E-state index contributed by atoms with van der Waals surface area (Å²) in [7, 11) is 0. The molecule has 1 aromatic heterocycles. The van der Waals surface area contributed by atoms with Crippen LogP contribution in [0, 0.1) is 0 Å². The van der Waals surface area contributed by atoms with Crippen molar-refractivity contribution in [1.82, 2.24) is 15.2 Å². The Labute approximate surface area is 141 Å². The molecule has 0 radical (unpaired) electrons. The lowest BCUT2D eigenvalue weighted by molar-refractivity contribution is 0.0773. The lowest BCUT2D eigenvalue weighted by Crippen LogP contribution is -2.30. The van der Waals surface area contributed by atoms with Crippen LogP contribution < -0.4 is 10.6 Å². The minimum Gasteiger partial charge on any atom is -0.339 e. The number of urea groups is 1. The van der Waals surface area contributed by atoms with Gasteiger partial charge in [-0.25, -0.2) is 4.79 Å². The molecule has 3 amide bonds. The van der Waals surface area contributed by atoms with Gasteiger partial charge in [0.1, 0.15) is 0 Å². The van der Waals surface area contributed by atoms with Crippen LogP contribution in [-0.4, -0.2) is 34.9 Å². The second-order valence-corrected chi connectivity index (χ2v) is 5.22. The van der Waals surface area contributed by atoms with E-state index in [9.17, 15) is 9.59 Å². The van der Waals surface area contributed by atoms with E-state index >= 15 is 0 Å². The van der Waals surface area contributed by atoms with Crippen LogP contribution in [0.1, 0.15) is 29.8 Å². The zero-order valence-electron chi connectivity index (χ0n) is 14.0. The van der Waals surface area contributed by atoms with E-state index < -0.39 is 0 Å². The predicted molar refractivity (Wildman–Crippen MR) is 93.8 cm³/mol. The Morgan fingerprint density at radius 3 is 2.21 bits per heavy atom. The molecule has 0 bridgehead atoms. The van der Waals surface area contributed by atoms with Crippen LogP contribution in [0.25, 0.3) is 0 Å². The highest BCUT2D eigenvalue weighted by Crippen LogP contribution is 2.11. The zero-order chi connectivity index (χ0) is 17.4. The van der Waals surface area contributed by atoms with Gasteiger partial charge in [0.15, 0.2) is 0 Å². The van der Waals surface area contributed by atoms with Crippen LogP contribution >= 0.6 is 0 Å². The summed E-state index contributed by atoms with van der Waals surface area (Å²) in [4.78, 5) is 29.8. The van der Waals surface area contributed by atoms with Gasteiger partial charge in [-0.15, -0.1) is 0 Å². The molecule has 2 N–H and O–H groups in total. The molecule has 2 rings (SSSR count). The summed E-state index contributed by atoms with van der Waals surface area (Å²) in [5, 5.41) is 5.51. The van der Waals surface area contributed by atoms with Gasteiger partial charge in [0, 0.05) is 43.3 Å². The fourth-order valence-electron chi connectivity index (χ4n) is 2.25. The molecule has 126 valence electrons. The first kappa shape index (κ1) is 17.5. The number of benzene rings is 1. The second kappa shape index (κ2) is 8.67. The van der Waals surface area contributed by atoms with E-state index in [-0.39, 0.29) is 11.9 Å². The summed E-state index contributed by atoms with van der Waals surface area (Å²) >= 11 is 0. The van der Waals surface area contributed by atoms with Gasteiger partial charge in [-0.05, 0) is 55.8 Å². The van der Waals surface area contributed by atoms with Crippen molar-refractivity contribution in [2.24, 2.45) is 0 Å². The Hall–Kier alpha value is -2.89. The third-order valence-electron chi connectivity index (χ3n) is 3.64. The quantitative estimate of drug-likeness (QED) is 0.857. The predicted octanol–water partition coefficient (Wildman–Crippen LogP) is 2.89. The highest BCUT2D eigenvalue weighted by Gasteiger charge is 2.12. The van der Waals surface area contributed by atoms with Crippen molar-refractivity contribution in [3.05, 3.63) is 59.9 Å². The number of rotatable bonds is 6. The number of carbonyl (C=O) groups excluding carboxylic acids is 2. The molecule has 6 heteroatoms. The molecule has 2 aromatic rings. The molecule has 0 aliphatic carbocycles. The van der Waals surface area contributed by atoms with Gasteiger partial charge >= 0.3 is 6.03 Å². The van der Waals surface area contributed by atoms with Crippen LogP contribution in [0.5, 0.6) is 0 Å². The molecule has 0 saturated heterocycles. The smallest absolute Gasteiger partial charge is 0.319 e. The first-order valence-electron chi connectivity index (χ1n) is 7.97. The van der Waals surface area contributed by atoms with Crippen molar-refractivity contribution in [3.63, 3.8) is 0 Å². The fraction of sp³-hybridized carbons (Fsp3) is 0.278. The maximum atomic E-state index is 12.2. The summed E-state index contributed by atoms with van der Waals surface area (Å²) in [5.41, 5.74) is 2.22. The number of nitrogens with zero attached hydrogens (tertiary/aromatic N) is 2. The molecule has 6 nitrogen and oxygen atoms in total. The lowest BCUT2D eigenvalue weighted by atomic mass is 10.2. The fourth-order valence-corrected chi connectivity index (χ4v) is 2.25. The highest BCUT2D eigenvalue weighted by atomic mass is 16.2. The SMILES string of the molecule is CCN(CC)C(=O)c1ccc(NC(=O)NCc2ccncc2)cc1. The Balaban J connectivity index is 1.89. The first-order valence-corrected chi connectivity index (χ1v) is 7.97. The topological polar surface area (TPSA) is 74.3 Å². The highest BCUT2D eigenvalue weighted by molar-refractivity contribution is 5.95. The summed E-state index contributed by atoms with van der Waals surface area (Å²) in [6.07, 6.45) is 3.36. The zero-order valence-corrected chi connectivity index (χ0v) is 14.0. The van der Waals surface area contributed by atoms with Crippen LogP contribution in [-0.2, 0) is 6.54 Å². The van der Waals surface area contributed by atoms with Gasteiger partial charge in [0.05, 0.1) is 0 Å². The lowest BCUT2D eigenvalue weighted by Gasteiger charge is -2.18. The van der Waals surface area contributed by atoms with Crippen LogP contribution in [0.4, 0.5) is 10.5 Å². The summed E-state index contributed by atoms with van der Waals surface area (Å²) < 4.78 is 0. The number of pyridine rings is 1. The molecule has 0 spiro atoms. The molecule has 1 heterocycles. The molecular weight excluding hydrogens is 304 g/mol. The number of hydrogen-bond acceptors (Lipinski definition) is 3. The molecule has 24 heavy (non-hydrogen) atoms. The average molecular weight is 326 g/mol. The van der Waals surface area contributed by atoms with E-state index in [1.807, 2.05) is 26.0 Å². The largest absolute Gasteiger partial charge is 0.339 e. The van der Waals surface area contributed by atoms with E-state index in [4.69, 9.17) is 0 Å². The van der Waals surface area contributed by atoms with Gasteiger partial charge in [-0.2, -0.15) is 0 Å². The van der Waals surface area contributed by atoms with Crippen molar-refractivity contribution < 1.29 is 9.59 Å². The number of hydrogen-bond donors (Lipinski definition) is 2. The third-order valence-corrected chi connectivity index (χ3v) is 3.64. The van der Waals surface area contributed by atoms with Crippen molar-refractivity contribution in [3.8, 4) is 0 Å². The molecule has 0 saturated carbocycles. The maximum absolute atomic E-state index is 12.2. The van der Waals surface area contributed by atoms with Crippen molar-refractivity contribution >= 4 is 17.6 Å².